The van der Waals surface area contributed by atoms with E-state index in [4.69, 9.17) is 0 Å². The Morgan fingerprint density at radius 2 is 1.73 bits per heavy atom. The Balaban J connectivity index is 2.04. The molecule has 0 aliphatic rings. The van der Waals surface area contributed by atoms with Gasteiger partial charge >= 0.3 is 6.18 Å². The molecular weight excluding hydrogens is 468 g/mol. The van der Waals surface area contributed by atoms with Crippen LogP contribution in [0.2, 0.25) is 0 Å². The zero-order chi connectivity index (χ0) is 19.5. The van der Waals surface area contributed by atoms with E-state index in [9.17, 15) is 13.2 Å². The molecule has 2 aromatic carbocycles. The number of hydrogen-bond acceptors (Lipinski definition) is 1. The lowest BCUT2D eigenvalue weighted by atomic mass is 10.00. The van der Waals surface area contributed by atoms with Gasteiger partial charge in [-0.15, -0.1) is 0 Å². The van der Waals surface area contributed by atoms with Crippen LogP contribution < -0.4 is 0 Å². The number of halogens is 4. The first-order valence-electron chi connectivity index (χ1n) is 8.02. The second-order valence-electron chi connectivity index (χ2n) is 6.28. The topological polar surface area (TPSA) is 0 Å². The summed E-state index contributed by atoms with van der Waals surface area (Å²) in [6.07, 6.45) is -3.47. The van der Waals surface area contributed by atoms with Crippen LogP contribution in [0.3, 0.4) is 0 Å². The predicted octanol–water partition coefficient (Wildman–Crippen LogP) is 7.78. The fraction of sp³-hybridized carbons (Fsp3) is 0.238. The van der Waals surface area contributed by atoms with Gasteiger partial charge in [-0.3, -0.25) is 0 Å². The molecule has 0 bridgehead atoms. The Morgan fingerprint density at radius 1 is 1.12 bits per heavy atom. The molecule has 26 heavy (non-hydrogen) atoms. The predicted molar refractivity (Wildman–Crippen MR) is 114 cm³/mol. The van der Waals surface area contributed by atoms with Crippen molar-refractivity contribution in [1.29, 1.82) is 0 Å². The summed E-state index contributed by atoms with van der Waals surface area (Å²) in [6, 6.07) is 9.52. The summed E-state index contributed by atoms with van der Waals surface area (Å²) >= 11 is 3.78. The molecule has 0 heterocycles. The summed E-state index contributed by atoms with van der Waals surface area (Å²) in [7, 11) is 0. The minimum atomic E-state index is -4.31. The van der Waals surface area contributed by atoms with Gasteiger partial charge in [0.1, 0.15) is 0 Å². The molecule has 0 spiro atoms. The Morgan fingerprint density at radius 3 is 2.31 bits per heavy atom. The number of rotatable bonds is 5. The minimum Gasteiger partial charge on any atom is -0.166 e. The third-order valence-corrected chi connectivity index (χ3v) is 6.23. The van der Waals surface area contributed by atoms with Crippen molar-refractivity contribution in [2.24, 2.45) is 0 Å². The van der Waals surface area contributed by atoms with E-state index in [0.29, 0.717) is 5.56 Å². The van der Waals surface area contributed by atoms with E-state index < -0.39 is 11.7 Å². The fourth-order valence-electron chi connectivity index (χ4n) is 2.46. The first kappa shape index (κ1) is 21.1. The highest BCUT2D eigenvalue weighted by molar-refractivity contribution is 14.1. The Hall–Kier alpha value is -1.21. The van der Waals surface area contributed by atoms with Crippen molar-refractivity contribution >= 4 is 39.3 Å². The first-order valence-corrected chi connectivity index (χ1v) is 9.98. The van der Waals surface area contributed by atoms with Crippen molar-refractivity contribution in [2.75, 3.05) is 0 Å². The Bertz CT molecular complexity index is 834. The lowest BCUT2D eigenvalue weighted by molar-refractivity contribution is -0.137. The Kier molecular flexibility index (Phi) is 7.02. The number of aryl methyl sites for hydroxylation is 2. The van der Waals surface area contributed by atoms with E-state index in [1.807, 2.05) is 5.41 Å². The van der Waals surface area contributed by atoms with Crippen LogP contribution in [-0.4, -0.2) is 0 Å². The summed E-state index contributed by atoms with van der Waals surface area (Å²) in [4.78, 5) is 0.730. The molecule has 0 aromatic heterocycles. The molecule has 0 saturated heterocycles. The van der Waals surface area contributed by atoms with Gasteiger partial charge in [-0.25, -0.2) is 0 Å². The van der Waals surface area contributed by atoms with Crippen LogP contribution in [0, 0.1) is 17.4 Å². The van der Waals surface area contributed by atoms with Crippen molar-refractivity contribution in [3.05, 3.63) is 85.3 Å². The fourth-order valence-corrected chi connectivity index (χ4v) is 3.78. The van der Waals surface area contributed by atoms with Crippen molar-refractivity contribution in [2.45, 2.75) is 33.4 Å². The molecule has 0 atom stereocenters. The van der Waals surface area contributed by atoms with Crippen LogP contribution in [0.5, 0.6) is 0 Å². The van der Waals surface area contributed by atoms with Crippen LogP contribution >= 0.6 is 34.4 Å². The first-order chi connectivity index (χ1) is 12.1. The van der Waals surface area contributed by atoms with Crippen LogP contribution in [-0.2, 0) is 12.6 Å². The summed E-state index contributed by atoms with van der Waals surface area (Å²) in [5.74, 6) is 0. The van der Waals surface area contributed by atoms with Crippen LogP contribution in [0.1, 0.15) is 34.7 Å². The van der Waals surface area contributed by atoms with Gasteiger partial charge in [0.25, 0.3) is 0 Å². The zero-order valence-corrected chi connectivity index (χ0v) is 17.8. The molecule has 0 nitrogen and oxygen atoms in total. The van der Waals surface area contributed by atoms with Crippen molar-refractivity contribution in [3.63, 3.8) is 0 Å². The highest BCUT2D eigenvalue weighted by atomic mass is 127. The maximum absolute atomic E-state index is 12.6. The Labute approximate surface area is 170 Å². The van der Waals surface area contributed by atoms with E-state index >= 15 is 0 Å². The second kappa shape index (κ2) is 8.65. The molecule has 0 aliphatic heterocycles. The van der Waals surface area contributed by atoms with Gasteiger partial charge in [0.15, 0.2) is 0 Å². The second-order valence-corrected chi connectivity index (χ2v) is 8.41. The standard InChI is InChI=1S/C21H20F3IS/c1-13(9-18-10-15(3)20(25)11-14(18)2)12-26-16(4)17-5-7-19(8-6-17)21(22,23)24/h5-8,10-12H,4,9H2,1-3H3/b13-12+. The smallest absolute Gasteiger partial charge is 0.166 e. The SMILES string of the molecule is C=C(S/C=C(\C)Cc1cc(C)c(I)cc1C)c1ccc(C(F)(F)F)cc1. The maximum Gasteiger partial charge on any atom is 0.416 e. The van der Waals surface area contributed by atoms with Gasteiger partial charge in [-0.1, -0.05) is 42.1 Å². The molecule has 0 fully saturated rings. The molecule has 0 aliphatic carbocycles. The average molecular weight is 488 g/mol. The van der Waals surface area contributed by atoms with Crippen LogP contribution in [0.25, 0.3) is 4.91 Å². The molecule has 0 saturated carbocycles. The van der Waals surface area contributed by atoms with Gasteiger partial charge in [0.2, 0.25) is 0 Å². The van der Waals surface area contributed by atoms with Crippen molar-refractivity contribution < 1.29 is 13.2 Å². The molecule has 2 rings (SSSR count). The van der Waals surface area contributed by atoms with Gasteiger partial charge in [-0.05, 0) is 95.6 Å². The summed E-state index contributed by atoms with van der Waals surface area (Å²) in [5, 5.41) is 2.02. The number of benzene rings is 2. The quantitative estimate of drug-likeness (QED) is 0.388. The molecule has 0 N–H and O–H groups in total. The van der Waals surface area contributed by atoms with E-state index in [0.717, 1.165) is 23.5 Å². The molecule has 138 valence electrons. The monoisotopic (exact) mass is 488 g/mol. The molecule has 0 amide bonds. The normalized spacial score (nSPS) is 12.3. The molecule has 0 unspecified atom stereocenters. The highest BCUT2D eigenvalue weighted by Crippen LogP contribution is 2.33. The lowest BCUT2D eigenvalue weighted by Gasteiger charge is -2.10. The van der Waals surface area contributed by atoms with Crippen molar-refractivity contribution in [1.82, 2.24) is 0 Å². The lowest BCUT2D eigenvalue weighted by Crippen LogP contribution is -2.04. The summed E-state index contributed by atoms with van der Waals surface area (Å²) in [6.45, 7) is 10.2. The number of thioether (sulfide) groups is 1. The average Bonchev–Trinajstić information content (AvgIpc) is 2.57. The number of allylic oxidation sites excluding steroid dienone is 1. The molecule has 0 radical (unpaired) electrons. The number of hydrogen-bond donors (Lipinski definition) is 0. The minimum absolute atomic E-state index is 0.643. The van der Waals surface area contributed by atoms with Gasteiger partial charge in [0, 0.05) is 8.48 Å². The van der Waals surface area contributed by atoms with Gasteiger partial charge in [0.05, 0.1) is 5.56 Å². The maximum atomic E-state index is 12.6. The molecular formula is C21H20F3IS. The third-order valence-electron chi connectivity index (χ3n) is 4.02. The van der Waals surface area contributed by atoms with E-state index in [1.54, 1.807) is 0 Å². The number of alkyl halides is 3. The molecule has 2 aromatic rings. The largest absolute Gasteiger partial charge is 0.416 e. The van der Waals surface area contributed by atoms with E-state index in [1.165, 1.54) is 49.7 Å². The summed E-state index contributed by atoms with van der Waals surface area (Å²) in [5.41, 5.74) is 5.06. The molecule has 5 heteroatoms. The van der Waals surface area contributed by atoms with Crippen LogP contribution in [0.4, 0.5) is 13.2 Å². The highest BCUT2D eigenvalue weighted by Gasteiger charge is 2.29. The third kappa shape index (κ3) is 5.64. The van der Waals surface area contributed by atoms with Crippen molar-refractivity contribution in [3.8, 4) is 0 Å². The van der Waals surface area contributed by atoms with E-state index in [-0.39, 0.29) is 0 Å². The van der Waals surface area contributed by atoms with E-state index in [2.05, 4.69) is 62.1 Å². The zero-order valence-electron chi connectivity index (χ0n) is 14.9. The van der Waals surface area contributed by atoms with Crippen LogP contribution in [0.15, 0.2) is 54.0 Å². The summed E-state index contributed by atoms with van der Waals surface area (Å²) < 4.78 is 39.1. The van der Waals surface area contributed by atoms with Gasteiger partial charge in [-0.2, -0.15) is 13.2 Å². The van der Waals surface area contributed by atoms with Gasteiger partial charge < -0.3 is 0 Å².